The largest absolute Gasteiger partial charge is 0.424 e. The summed E-state index contributed by atoms with van der Waals surface area (Å²) < 4.78 is 13.4. The molecule has 0 radical (unpaired) electrons. The van der Waals surface area contributed by atoms with Crippen molar-refractivity contribution in [3.8, 4) is 10.4 Å². The summed E-state index contributed by atoms with van der Waals surface area (Å²) in [7, 11) is 0. The van der Waals surface area contributed by atoms with Crippen LogP contribution in [-0.2, 0) is 11.3 Å². The summed E-state index contributed by atoms with van der Waals surface area (Å²) in [5, 5.41) is 1.42. The maximum atomic E-state index is 13.0. The third-order valence-electron chi connectivity index (χ3n) is 6.44. The Hall–Kier alpha value is -3.60. The van der Waals surface area contributed by atoms with E-state index < -0.39 is 0 Å². The molecule has 1 aliphatic heterocycles. The molecule has 4 aromatic heterocycles. The van der Waals surface area contributed by atoms with Gasteiger partial charge in [-0.3, -0.25) is 4.90 Å². The number of hydrogen-bond acceptors (Lipinski definition) is 9. The number of anilines is 1. The van der Waals surface area contributed by atoms with E-state index in [9.17, 15) is 4.79 Å². The quantitative estimate of drug-likeness (QED) is 0.399. The fourth-order valence-electron chi connectivity index (χ4n) is 4.62. The lowest BCUT2D eigenvalue weighted by atomic mass is 10.0. The molecule has 1 aliphatic rings. The van der Waals surface area contributed by atoms with Gasteiger partial charge in [0.1, 0.15) is 17.6 Å². The number of rotatable bonds is 5. The molecule has 0 aliphatic carbocycles. The van der Waals surface area contributed by atoms with Crippen LogP contribution < -0.4 is 11.4 Å². The summed E-state index contributed by atoms with van der Waals surface area (Å²) in [6.45, 7) is 6.23. The van der Waals surface area contributed by atoms with E-state index in [0.717, 1.165) is 48.7 Å². The summed E-state index contributed by atoms with van der Waals surface area (Å²) in [6.07, 6.45) is 3.08. The van der Waals surface area contributed by atoms with Crippen LogP contribution in [0.3, 0.4) is 0 Å². The molecule has 1 fully saturated rings. The number of nitrogens with zero attached hydrogens (tertiary/aromatic N) is 5. The van der Waals surface area contributed by atoms with Crippen molar-refractivity contribution in [1.82, 2.24) is 24.4 Å². The lowest BCUT2D eigenvalue weighted by Crippen LogP contribution is -2.35. The van der Waals surface area contributed by atoms with Crippen LogP contribution in [0.1, 0.15) is 23.6 Å². The van der Waals surface area contributed by atoms with E-state index >= 15 is 0 Å². The van der Waals surface area contributed by atoms with Crippen LogP contribution in [-0.4, -0.2) is 50.7 Å². The van der Waals surface area contributed by atoms with E-state index in [1.54, 1.807) is 17.7 Å². The maximum absolute atomic E-state index is 13.0. The van der Waals surface area contributed by atoms with Crippen molar-refractivity contribution in [1.29, 1.82) is 0 Å². The van der Waals surface area contributed by atoms with Gasteiger partial charge in [0.2, 0.25) is 0 Å². The standard InChI is InChI=1S/C25H24N6O3S/c1-15(31-14-29-21-23(26)27-13-28-24(21)31)22-20(17-4-2-3-5-18(17)25(32)34-22)19-7-6-16(35-19)12-30-8-10-33-11-9-30/h2-7,13-15H,8-12H2,1H3,(H2,26,27,28). The van der Waals surface area contributed by atoms with E-state index in [4.69, 9.17) is 14.9 Å². The molecule has 9 nitrogen and oxygen atoms in total. The lowest BCUT2D eigenvalue weighted by molar-refractivity contribution is 0.0346. The molecule has 0 amide bonds. The Morgan fingerprint density at radius 2 is 1.89 bits per heavy atom. The highest BCUT2D eigenvalue weighted by Crippen LogP contribution is 2.39. The average Bonchev–Trinajstić information content (AvgIpc) is 3.52. The molecule has 178 valence electrons. The molecule has 6 rings (SSSR count). The fraction of sp³-hybridized carbons (Fsp3) is 0.280. The Morgan fingerprint density at radius 3 is 2.71 bits per heavy atom. The molecule has 0 bridgehead atoms. The second-order valence-electron chi connectivity index (χ2n) is 8.59. The zero-order valence-electron chi connectivity index (χ0n) is 19.2. The third kappa shape index (κ3) is 3.89. The third-order valence-corrected chi connectivity index (χ3v) is 7.53. The molecule has 5 heterocycles. The summed E-state index contributed by atoms with van der Waals surface area (Å²) >= 11 is 1.72. The highest BCUT2D eigenvalue weighted by atomic mass is 32.1. The Morgan fingerprint density at radius 1 is 1.09 bits per heavy atom. The zero-order chi connectivity index (χ0) is 23.9. The molecule has 1 atom stereocenters. The summed E-state index contributed by atoms with van der Waals surface area (Å²) in [6, 6.07) is 11.5. The number of benzene rings is 1. The van der Waals surface area contributed by atoms with Crippen molar-refractivity contribution >= 4 is 39.1 Å². The van der Waals surface area contributed by atoms with Gasteiger partial charge >= 0.3 is 5.63 Å². The smallest absolute Gasteiger partial charge is 0.343 e. The van der Waals surface area contributed by atoms with Crippen LogP contribution in [0.15, 0.2) is 58.3 Å². The van der Waals surface area contributed by atoms with Crippen LogP contribution in [0.5, 0.6) is 0 Å². The van der Waals surface area contributed by atoms with E-state index in [2.05, 4.69) is 32.0 Å². The van der Waals surface area contributed by atoms with Crippen LogP contribution in [0.4, 0.5) is 5.82 Å². The number of imidazole rings is 1. The number of ether oxygens (including phenoxy) is 1. The maximum Gasteiger partial charge on any atom is 0.343 e. The van der Waals surface area contributed by atoms with Crippen molar-refractivity contribution in [3.63, 3.8) is 0 Å². The van der Waals surface area contributed by atoms with Crippen LogP contribution in [0.2, 0.25) is 0 Å². The van der Waals surface area contributed by atoms with Gasteiger partial charge in [0, 0.05) is 40.3 Å². The molecule has 1 aromatic carbocycles. The molecule has 0 saturated carbocycles. The van der Waals surface area contributed by atoms with E-state index in [-0.39, 0.29) is 11.7 Å². The van der Waals surface area contributed by atoms with E-state index in [1.807, 2.05) is 35.8 Å². The minimum Gasteiger partial charge on any atom is -0.424 e. The van der Waals surface area contributed by atoms with E-state index in [1.165, 1.54) is 11.2 Å². The normalized spacial score (nSPS) is 15.7. The Bertz CT molecular complexity index is 1580. The predicted molar refractivity (Wildman–Crippen MR) is 135 cm³/mol. The van der Waals surface area contributed by atoms with Crippen LogP contribution in [0, 0.1) is 0 Å². The van der Waals surface area contributed by atoms with Crippen molar-refractivity contribution < 1.29 is 9.15 Å². The molecule has 2 N–H and O–H groups in total. The first-order valence-electron chi connectivity index (χ1n) is 11.5. The number of nitrogens with two attached hydrogens (primary N) is 1. The first kappa shape index (κ1) is 21.9. The molecule has 10 heteroatoms. The molecule has 35 heavy (non-hydrogen) atoms. The van der Waals surface area contributed by atoms with Gasteiger partial charge in [0.15, 0.2) is 11.5 Å². The second kappa shape index (κ2) is 8.88. The van der Waals surface area contributed by atoms with Gasteiger partial charge in [-0.2, -0.15) is 0 Å². The number of fused-ring (bicyclic) bond motifs is 2. The number of thiophene rings is 1. The van der Waals surface area contributed by atoms with Gasteiger partial charge < -0.3 is 19.5 Å². The van der Waals surface area contributed by atoms with Gasteiger partial charge in [-0.1, -0.05) is 18.2 Å². The number of morpholine rings is 1. The minimum absolute atomic E-state index is 0.312. The van der Waals surface area contributed by atoms with Crippen molar-refractivity contribution in [2.24, 2.45) is 0 Å². The highest BCUT2D eigenvalue weighted by Gasteiger charge is 2.25. The van der Waals surface area contributed by atoms with Gasteiger partial charge in [-0.15, -0.1) is 11.3 Å². The summed E-state index contributed by atoms with van der Waals surface area (Å²) in [4.78, 5) is 30.5. The summed E-state index contributed by atoms with van der Waals surface area (Å²) in [5.41, 5.74) is 7.65. The molecular formula is C25H24N6O3S. The first-order chi connectivity index (χ1) is 17.1. The zero-order valence-corrected chi connectivity index (χ0v) is 20.0. The van der Waals surface area contributed by atoms with Gasteiger partial charge in [0.25, 0.3) is 0 Å². The Balaban J connectivity index is 1.49. The van der Waals surface area contributed by atoms with Crippen molar-refractivity contribution in [3.05, 3.63) is 70.1 Å². The van der Waals surface area contributed by atoms with Gasteiger partial charge in [-0.05, 0) is 25.1 Å². The van der Waals surface area contributed by atoms with Crippen LogP contribution >= 0.6 is 11.3 Å². The monoisotopic (exact) mass is 488 g/mol. The summed E-state index contributed by atoms with van der Waals surface area (Å²) in [5.74, 6) is 0.872. The van der Waals surface area contributed by atoms with Crippen LogP contribution in [0.25, 0.3) is 32.4 Å². The highest BCUT2D eigenvalue weighted by molar-refractivity contribution is 7.15. The minimum atomic E-state index is -0.366. The van der Waals surface area contributed by atoms with Gasteiger partial charge in [0.05, 0.1) is 31.0 Å². The molecule has 0 spiro atoms. The molecule has 1 saturated heterocycles. The molecule has 5 aromatic rings. The molecule has 1 unspecified atom stereocenters. The topological polar surface area (TPSA) is 112 Å². The van der Waals surface area contributed by atoms with Crippen molar-refractivity contribution in [2.75, 3.05) is 32.0 Å². The fourth-order valence-corrected chi connectivity index (χ4v) is 5.74. The van der Waals surface area contributed by atoms with E-state index in [0.29, 0.717) is 28.1 Å². The average molecular weight is 489 g/mol. The number of aromatic nitrogens is 4. The Kier molecular flexibility index (Phi) is 5.56. The number of hydrogen-bond donors (Lipinski definition) is 1. The first-order valence-corrected chi connectivity index (χ1v) is 12.3. The predicted octanol–water partition coefficient (Wildman–Crippen LogP) is 3.68. The SMILES string of the molecule is CC(c1oc(=O)c2ccccc2c1-c1ccc(CN2CCOCC2)s1)n1cnc2c(N)ncnc21. The molecular weight excluding hydrogens is 464 g/mol. The van der Waals surface area contributed by atoms with Crippen molar-refractivity contribution in [2.45, 2.75) is 19.5 Å². The second-order valence-corrected chi connectivity index (χ2v) is 9.76. The Labute approximate surface area is 204 Å². The number of nitrogen functional groups attached to an aromatic ring is 1. The lowest BCUT2D eigenvalue weighted by Gasteiger charge is -2.25. The van der Waals surface area contributed by atoms with Gasteiger partial charge in [-0.25, -0.2) is 19.7 Å².